The molecule has 1 aliphatic heterocycles. The van der Waals surface area contributed by atoms with Crippen LogP contribution in [0.25, 0.3) is 0 Å². The highest BCUT2D eigenvalue weighted by Crippen LogP contribution is 2.43. The lowest BCUT2D eigenvalue weighted by Crippen LogP contribution is -2.41. The summed E-state index contributed by atoms with van der Waals surface area (Å²) in [6, 6.07) is 6.17. The smallest absolute Gasteiger partial charge is 0.193 e. The molecule has 24 heavy (non-hydrogen) atoms. The lowest BCUT2D eigenvalue weighted by molar-refractivity contribution is 0.203. The van der Waals surface area contributed by atoms with Gasteiger partial charge in [-0.1, -0.05) is 25.3 Å². The number of guanidine groups is 1. The third-order valence-electron chi connectivity index (χ3n) is 5.54. The van der Waals surface area contributed by atoms with Gasteiger partial charge in [0.1, 0.15) is 5.82 Å². The summed E-state index contributed by atoms with van der Waals surface area (Å²) < 4.78 is 0. The summed E-state index contributed by atoms with van der Waals surface area (Å²) in [5.74, 6) is 2.01. The van der Waals surface area contributed by atoms with Crippen LogP contribution in [-0.4, -0.2) is 50.1 Å². The zero-order valence-electron chi connectivity index (χ0n) is 15.4. The second kappa shape index (κ2) is 7.41. The fraction of sp³-hybridized carbons (Fsp3) is 0.684. The number of aromatic nitrogens is 1. The number of rotatable bonds is 3. The molecule has 0 bridgehead atoms. The summed E-state index contributed by atoms with van der Waals surface area (Å²) in [6.07, 6.45) is 8.34. The first-order valence-corrected chi connectivity index (χ1v) is 9.21. The maximum absolute atomic E-state index is 4.68. The molecule has 1 N–H and O–H groups in total. The van der Waals surface area contributed by atoms with Crippen LogP contribution in [-0.2, 0) is 6.54 Å². The van der Waals surface area contributed by atoms with Crippen molar-refractivity contribution in [2.24, 2.45) is 10.4 Å². The summed E-state index contributed by atoms with van der Waals surface area (Å²) >= 11 is 0. The molecule has 1 spiro atoms. The molecule has 3 rings (SSSR count). The summed E-state index contributed by atoms with van der Waals surface area (Å²) in [7, 11) is 5.93. The van der Waals surface area contributed by atoms with Gasteiger partial charge in [0.15, 0.2) is 5.96 Å². The molecule has 2 heterocycles. The molecule has 1 aromatic heterocycles. The van der Waals surface area contributed by atoms with E-state index in [1.165, 1.54) is 38.5 Å². The second-order valence-electron chi connectivity index (χ2n) is 7.51. The molecule has 5 heteroatoms. The van der Waals surface area contributed by atoms with Gasteiger partial charge in [-0.25, -0.2) is 4.98 Å². The van der Waals surface area contributed by atoms with Gasteiger partial charge in [0.05, 0.1) is 12.2 Å². The number of likely N-dealkylation sites (tertiary alicyclic amines) is 1. The average molecular weight is 329 g/mol. The van der Waals surface area contributed by atoms with Crippen molar-refractivity contribution in [2.45, 2.75) is 45.1 Å². The van der Waals surface area contributed by atoms with Gasteiger partial charge in [-0.2, -0.15) is 0 Å². The molecule has 0 atom stereocenters. The summed E-state index contributed by atoms with van der Waals surface area (Å²) in [6.45, 7) is 3.01. The fourth-order valence-electron chi connectivity index (χ4n) is 4.14. The van der Waals surface area contributed by atoms with Crippen molar-refractivity contribution < 1.29 is 0 Å². The maximum Gasteiger partial charge on any atom is 0.193 e. The summed E-state index contributed by atoms with van der Waals surface area (Å²) in [4.78, 5) is 13.7. The normalized spacial score (nSPS) is 20.5. The van der Waals surface area contributed by atoms with Crippen LogP contribution in [0.15, 0.2) is 23.2 Å². The Hall–Kier alpha value is -1.78. The molecule has 0 amide bonds. The lowest BCUT2D eigenvalue weighted by Gasteiger charge is -2.33. The van der Waals surface area contributed by atoms with Gasteiger partial charge >= 0.3 is 0 Å². The standard InChI is InChI=1S/C19H31N5/c1-20-18(21-14-16-8-7-9-17(22-16)23(2)3)24-13-12-19(15-24)10-5-4-6-11-19/h7-9H,4-6,10-15H2,1-3H3,(H,20,21). The topological polar surface area (TPSA) is 43.8 Å². The van der Waals surface area contributed by atoms with E-state index in [2.05, 4.69) is 32.3 Å². The summed E-state index contributed by atoms with van der Waals surface area (Å²) in [5, 5.41) is 3.51. The van der Waals surface area contributed by atoms with Crippen molar-refractivity contribution in [1.82, 2.24) is 15.2 Å². The van der Waals surface area contributed by atoms with E-state index in [9.17, 15) is 0 Å². The SMILES string of the molecule is CN=C(NCc1cccc(N(C)C)n1)N1CCC2(CCCCC2)C1. The Labute approximate surface area is 146 Å². The van der Waals surface area contributed by atoms with Gasteiger partial charge in [-0.05, 0) is 36.8 Å². The molecule has 1 saturated carbocycles. The van der Waals surface area contributed by atoms with E-state index in [-0.39, 0.29) is 0 Å². The predicted molar refractivity (Wildman–Crippen MR) is 100 cm³/mol. The quantitative estimate of drug-likeness (QED) is 0.684. The van der Waals surface area contributed by atoms with Crippen LogP contribution in [0.3, 0.4) is 0 Å². The lowest BCUT2D eigenvalue weighted by atomic mass is 9.73. The number of hydrogen-bond donors (Lipinski definition) is 1. The second-order valence-corrected chi connectivity index (χ2v) is 7.51. The van der Waals surface area contributed by atoms with Gasteiger partial charge in [0, 0.05) is 34.2 Å². The van der Waals surface area contributed by atoms with E-state index >= 15 is 0 Å². The largest absolute Gasteiger partial charge is 0.363 e. The van der Waals surface area contributed by atoms with Gasteiger partial charge in [-0.3, -0.25) is 4.99 Å². The van der Waals surface area contributed by atoms with Crippen LogP contribution in [0.2, 0.25) is 0 Å². The monoisotopic (exact) mass is 329 g/mol. The van der Waals surface area contributed by atoms with Crippen LogP contribution in [0.5, 0.6) is 0 Å². The Balaban J connectivity index is 1.59. The minimum Gasteiger partial charge on any atom is -0.363 e. The molecule has 1 aliphatic carbocycles. The molecule has 0 unspecified atom stereocenters. The number of anilines is 1. The Bertz CT molecular complexity index is 575. The highest BCUT2D eigenvalue weighted by molar-refractivity contribution is 5.80. The molecule has 0 radical (unpaired) electrons. The number of hydrogen-bond acceptors (Lipinski definition) is 3. The van der Waals surface area contributed by atoms with Gasteiger partial charge in [0.2, 0.25) is 0 Å². The maximum atomic E-state index is 4.68. The van der Waals surface area contributed by atoms with E-state index in [0.29, 0.717) is 5.41 Å². The average Bonchev–Trinajstić information content (AvgIpc) is 2.99. The first kappa shape index (κ1) is 17.1. The highest BCUT2D eigenvalue weighted by Gasteiger charge is 2.39. The van der Waals surface area contributed by atoms with E-state index in [0.717, 1.165) is 37.1 Å². The van der Waals surface area contributed by atoms with Crippen molar-refractivity contribution >= 4 is 11.8 Å². The van der Waals surface area contributed by atoms with Crippen LogP contribution in [0.4, 0.5) is 5.82 Å². The number of nitrogens with zero attached hydrogens (tertiary/aromatic N) is 4. The fourth-order valence-corrected chi connectivity index (χ4v) is 4.14. The van der Waals surface area contributed by atoms with E-state index in [1.54, 1.807) is 0 Å². The Morgan fingerprint density at radius 2 is 2.04 bits per heavy atom. The van der Waals surface area contributed by atoms with Gasteiger partial charge in [-0.15, -0.1) is 0 Å². The molecule has 2 fully saturated rings. The minimum atomic E-state index is 0.555. The molecular weight excluding hydrogens is 298 g/mol. The predicted octanol–water partition coefficient (Wildman–Crippen LogP) is 2.88. The summed E-state index contributed by atoms with van der Waals surface area (Å²) in [5.41, 5.74) is 1.60. The van der Waals surface area contributed by atoms with Gasteiger partial charge in [0.25, 0.3) is 0 Å². The number of pyridine rings is 1. The highest BCUT2D eigenvalue weighted by atomic mass is 15.3. The zero-order chi connectivity index (χ0) is 17.0. The third-order valence-corrected chi connectivity index (χ3v) is 5.54. The van der Waals surface area contributed by atoms with Gasteiger partial charge < -0.3 is 15.1 Å². The number of aliphatic imine (C=N–C) groups is 1. The van der Waals surface area contributed by atoms with Crippen LogP contribution in [0.1, 0.15) is 44.2 Å². The molecule has 5 nitrogen and oxygen atoms in total. The van der Waals surface area contributed by atoms with E-state index < -0.39 is 0 Å². The van der Waals surface area contributed by atoms with E-state index in [4.69, 9.17) is 0 Å². The Morgan fingerprint density at radius 1 is 1.25 bits per heavy atom. The van der Waals surface area contributed by atoms with Crippen LogP contribution < -0.4 is 10.2 Å². The number of nitrogens with one attached hydrogen (secondary N) is 1. The first-order valence-electron chi connectivity index (χ1n) is 9.21. The Kier molecular flexibility index (Phi) is 5.27. The molecule has 0 aromatic carbocycles. The third kappa shape index (κ3) is 3.82. The molecule has 2 aliphatic rings. The van der Waals surface area contributed by atoms with Crippen molar-refractivity contribution in [2.75, 3.05) is 39.1 Å². The zero-order valence-corrected chi connectivity index (χ0v) is 15.4. The van der Waals surface area contributed by atoms with Crippen molar-refractivity contribution in [3.8, 4) is 0 Å². The first-order chi connectivity index (χ1) is 11.6. The molecule has 132 valence electrons. The minimum absolute atomic E-state index is 0.555. The molecule has 1 saturated heterocycles. The van der Waals surface area contributed by atoms with Crippen molar-refractivity contribution in [3.05, 3.63) is 23.9 Å². The van der Waals surface area contributed by atoms with Crippen molar-refractivity contribution in [1.29, 1.82) is 0 Å². The molecule has 1 aromatic rings. The van der Waals surface area contributed by atoms with Crippen LogP contribution >= 0.6 is 0 Å². The Morgan fingerprint density at radius 3 is 2.75 bits per heavy atom. The molecular formula is C19H31N5. The van der Waals surface area contributed by atoms with Crippen LogP contribution in [0, 0.1) is 5.41 Å². The van der Waals surface area contributed by atoms with E-state index in [1.807, 2.05) is 32.1 Å². The van der Waals surface area contributed by atoms with Crippen molar-refractivity contribution in [3.63, 3.8) is 0 Å².